The van der Waals surface area contributed by atoms with Crippen molar-refractivity contribution in [2.75, 3.05) is 0 Å². The van der Waals surface area contributed by atoms with E-state index in [0.717, 1.165) is 8.95 Å². The average Bonchev–Trinajstić information content (AvgIpc) is 2.97. The van der Waals surface area contributed by atoms with Crippen LogP contribution in [0.2, 0.25) is 0 Å². The lowest BCUT2D eigenvalue weighted by molar-refractivity contribution is 1.60. The third kappa shape index (κ3) is 3.88. The van der Waals surface area contributed by atoms with E-state index in [-0.39, 0.29) is 0 Å². The van der Waals surface area contributed by atoms with Crippen LogP contribution in [-0.2, 0) is 0 Å². The number of halogens is 2. The monoisotopic (exact) mass is 612 g/mol. The van der Waals surface area contributed by atoms with Gasteiger partial charge >= 0.3 is 0 Å². The fourth-order valence-corrected chi connectivity index (χ4v) is 6.46. The van der Waals surface area contributed by atoms with Gasteiger partial charge in [0.1, 0.15) is 0 Å². The predicted octanol–water partition coefficient (Wildman–Crippen LogP) is 11.7. The Kier molecular flexibility index (Phi) is 5.88. The van der Waals surface area contributed by atoms with Gasteiger partial charge in [-0.05, 0) is 96.0 Å². The molecule has 0 radical (unpaired) electrons. The van der Waals surface area contributed by atoms with Gasteiger partial charge in [-0.1, -0.05) is 135 Å². The standard InChI is InChI=1S/C36H22Br2/c37-26-16-18-28-32(20-26)33-21-27(38)17-19-29(33)36-34(25-14-8-3-9-15-25)30(23-10-4-1-5-11-23)22-31(35(28)36)24-12-6-2-7-13-24/h1-22H. The summed E-state index contributed by atoms with van der Waals surface area (Å²) < 4.78 is 2.16. The molecule has 0 spiro atoms. The fraction of sp³-hybridized carbons (Fsp3) is 0. The molecule has 0 atom stereocenters. The SMILES string of the molecule is Brc1ccc2c(c1)c1cc(Br)ccc1c1c(-c3ccccc3)c(-c3ccccc3)cc(-c3ccccc3)c21. The molecule has 0 heterocycles. The van der Waals surface area contributed by atoms with Crippen LogP contribution in [0.25, 0.3) is 65.7 Å². The third-order valence-corrected chi connectivity index (χ3v) is 8.34. The molecule has 7 rings (SSSR count). The van der Waals surface area contributed by atoms with Crippen LogP contribution in [-0.4, -0.2) is 0 Å². The number of hydrogen-bond acceptors (Lipinski definition) is 0. The molecule has 0 saturated carbocycles. The van der Waals surface area contributed by atoms with E-state index < -0.39 is 0 Å². The Hall–Kier alpha value is -3.72. The second-order valence-corrected chi connectivity index (χ2v) is 11.4. The molecule has 0 bridgehead atoms. The highest BCUT2D eigenvalue weighted by Crippen LogP contribution is 2.49. The van der Waals surface area contributed by atoms with Gasteiger partial charge in [0.25, 0.3) is 0 Å². The molecule has 0 aromatic heterocycles. The Labute approximate surface area is 238 Å². The van der Waals surface area contributed by atoms with Crippen LogP contribution in [0.1, 0.15) is 0 Å². The zero-order valence-electron chi connectivity index (χ0n) is 20.5. The van der Waals surface area contributed by atoms with Crippen LogP contribution in [0.4, 0.5) is 0 Å². The molecule has 0 amide bonds. The number of hydrogen-bond donors (Lipinski definition) is 0. The Balaban J connectivity index is 1.82. The Bertz CT molecular complexity index is 1960. The largest absolute Gasteiger partial charge is 0.0622 e. The number of fused-ring (bicyclic) bond motifs is 6. The summed E-state index contributed by atoms with van der Waals surface area (Å²) in [6, 6.07) is 48.2. The molecule has 0 N–H and O–H groups in total. The minimum absolute atomic E-state index is 1.08. The Morgan fingerprint density at radius 3 is 1.32 bits per heavy atom. The van der Waals surface area contributed by atoms with Crippen molar-refractivity contribution in [3.05, 3.63) is 142 Å². The van der Waals surface area contributed by atoms with Gasteiger partial charge in [0, 0.05) is 8.95 Å². The highest BCUT2D eigenvalue weighted by atomic mass is 79.9. The first-order valence-corrected chi connectivity index (χ1v) is 14.2. The van der Waals surface area contributed by atoms with Crippen molar-refractivity contribution in [1.29, 1.82) is 0 Å². The summed E-state index contributed by atoms with van der Waals surface area (Å²) in [6.07, 6.45) is 0. The highest BCUT2D eigenvalue weighted by molar-refractivity contribution is 9.10. The summed E-state index contributed by atoms with van der Waals surface area (Å²) in [6.45, 7) is 0. The van der Waals surface area contributed by atoms with E-state index in [2.05, 4.69) is 165 Å². The van der Waals surface area contributed by atoms with Crippen LogP contribution in [0.5, 0.6) is 0 Å². The first-order valence-electron chi connectivity index (χ1n) is 12.7. The van der Waals surface area contributed by atoms with Crippen LogP contribution in [0.15, 0.2) is 142 Å². The molecule has 0 aliphatic carbocycles. The minimum Gasteiger partial charge on any atom is -0.0622 e. The molecule has 38 heavy (non-hydrogen) atoms. The first kappa shape index (κ1) is 23.4. The first-order chi connectivity index (χ1) is 18.7. The smallest absolute Gasteiger partial charge is 0.0181 e. The molecule has 0 nitrogen and oxygen atoms in total. The van der Waals surface area contributed by atoms with E-state index in [1.807, 2.05) is 0 Å². The lowest BCUT2D eigenvalue weighted by atomic mass is 9.81. The Morgan fingerprint density at radius 2 is 0.789 bits per heavy atom. The molecule has 7 aromatic rings. The van der Waals surface area contributed by atoms with Crippen LogP contribution in [0, 0.1) is 0 Å². The fourth-order valence-electron chi connectivity index (χ4n) is 5.74. The highest BCUT2D eigenvalue weighted by Gasteiger charge is 2.21. The maximum atomic E-state index is 3.75. The lowest BCUT2D eigenvalue weighted by Gasteiger charge is -2.22. The summed E-state index contributed by atoms with van der Waals surface area (Å²) in [7, 11) is 0. The van der Waals surface area contributed by atoms with E-state index in [9.17, 15) is 0 Å². The lowest BCUT2D eigenvalue weighted by Crippen LogP contribution is -1.94. The summed E-state index contributed by atoms with van der Waals surface area (Å²) >= 11 is 7.50. The minimum atomic E-state index is 1.08. The maximum Gasteiger partial charge on any atom is 0.0181 e. The predicted molar refractivity (Wildman–Crippen MR) is 171 cm³/mol. The van der Waals surface area contributed by atoms with Crippen molar-refractivity contribution < 1.29 is 0 Å². The van der Waals surface area contributed by atoms with E-state index in [1.54, 1.807) is 0 Å². The molecule has 0 unspecified atom stereocenters. The van der Waals surface area contributed by atoms with Gasteiger partial charge < -0.3 is 0 Å². The average molecular weight is 614 g/mol. The summed E-state index contributed by atoms with van der Waals surface area (Å²) in [4.78, 5) is 0. The molecular formula is C36H22Br2. The molecule has 7 aromatic carbocycles. The van der Waals surface area contributed by atoms with Crippen LogP contribution in [0.3, 0.4) is 0 Å². The molecule has 0 saturated heterocycles. The third-order valence-electron chi connectivity index (χ3n) is 7.35. The molecule has 0 aliphatic rings. The summed E-state index contributed by atoms with van der Waals surface area (Å²) in [5.41, 5.74) is 7.40. The van der Waals surface area contributed by atoms with Gasteiger partial charge in [0.2, 0.25) is 0 Å². The maximum absolute atomic E-state index is 3.75. The van der Waals surface area contributed by atoms with Crippen molar-refractivity contribution in [2.24, 2.45) is 0 Å². The van der Waals surface area contributed by atoms with Crippen molar-refractivity contribution in [3.8, 4) is 33.4 Å². The van der Waals surface area contributed by atoms with Crippen molar-refractivity contribution in [1.82, 2.24) is 0 Å². The van der Waals surface area contributed by atoms with Crippen LogP contribution >= 0.6 is 31.9 Å². The normalized spacial score (nSPS) is 11.4. The van der Waals surface area contributed by atoms with E-state index in [4.69, 9.17) is 0 Å². The molecule has 0 aliphatic heterocycles. The topological polar surface area (TPSA) is 0 Å². The van der Waals surface area contributed by atoms with Gasteiger partial charge in [0.05, 0.1) is 0 Å². The van der Waals surface area contributed by atoms with Gasteiger partial charge in [-0.15, -0.1) is 0 Å². The van der Waals surface area contributed by atoms with E-state index >= 15 is 0 Å². The molecule has 0 fully saturated rings. The van der Waals surface area contributed by atoms with Crippen molar-refractivity contribution >= 4 is 64.2 Å². The molecule has 180 valence electrons. The second kappa shape index (κ2) is 9.54. The van der Waals surface area contributed by atoms with E-state index in [1.165, 1.54) is 65.7 Å². The summed E-state index contributed by atoms with van der Waals surface area (Å²) in [5.74, 6) is 0. The molecule has 2 heteroatoms. The molecular weight excluding hydrogens is 592 g/mol. The zero-order valence-corrected chi connectivity index (χ0v) is 23.6. The van der Waals surface area contributed by atoms with Gasteiger partial charge in [-0.2, -0.15) is 0 Å². The van der Waals surface area contributed by atoms with Crippen LogP contribution < -0.4 is 0 Å². The van der Waals surface area contributed by atoms with Crippen molar-refractivity contribution in [3.63, 3.8) is 0 Å². The van der Waals surface area contributed by atoms with Gasteiger partial charge in [0.15, 0.2) is 0 Å². The number of benzene rings is 7. The van der Waals surface area contributed by atoms with Gasteiger partial charge in [-0.25, -0.2) is 0 Å². The quantitative estimate of drug-likeness (QED) is 0.174. The number of rotatable bonds is 3. The van der Waals surface area contributed by atoms with Gasteiger partial charge in [-0.3, -0.25) is 0 Å². The zero-order chi connectivity index (χ0) is 25.6. The summed E-state index contributed by atoms with van der Waals surface area (Å²) in [5, 5.41) is 7.56. The Morgan fingerprint density at radius 1 is 0.342 bits per heavy atom. The van der Waals surface area contributed by atoms with E-state index in [0.29, 0.717) is 0 Å². The second-order valence-electron chi connectivity index (χ2n) is 9.57. The van der Waals surface area contributed by atoms with Crippen molar-refractivity contribution in [2.45, 2.75) is 0 Å².